The molecule has 0 aliphatic rings. The Morgan fingerprint density at radius 1 is 0.479 bits per heavy atom. The van der Waals surface area contributed by atoms with Gasteiger partial charge in [-0.2, -0.15) is 0 Å². The number of ether oxygens (including phenoxy) is 5. The van der Waals surface area contributed by atoms with E-state index in [-0.39, 0.29) is 72.5 Å². The molecule has 0 rings (SSSR count). The van der Waals surface area contributed by atoms with E-state index < -0.39 is 44.0 Å². The highest BCUT2D eigenvalue weighted by atomic mass is 32.2. The molecule has 27 heteroatoms. The van der Waals surface area contributed by atoms with Crippen molar-refractivity contribution >= 4 is 54.8 Å². The smallest absolute Gasteiger partial charge is 0.377 e. The van der Waals surface area contributed by atoms with Gasteiger partial charge in [-0.15, -0.1) is 23.5 Å². The molecule has 290 valence electrons. The Morgan fingerprint density at radius 2 is 0.833 bits per heavy atom. The summed E-state index contributed by atoms with van der Waals surface area (Å²) in [5.41, 5.74) is 0. The van der Waals surface area contributed by atoms with E-state index in [1.165, 1.54) is 23.5 Å². The van der Waals surface area contributed by atoms with Crippen molar-refractivity contribution in [2.24, 2.45) is 0 Å². The molecule has 0 saturated heterocycles. The van der Waals surface area contributed by atoms with Gasteiger partial charge in [0.15, 0.2) is 0 Å². The van der Waals surface area contributed by atoms with Gasteiger partial charge in [-0.25, -0.2) is 18.3 Å². The SMILES string of the molecule is CCC(COP(=O)(O)O)OP(=O)(O)OCCOCCOCCOCCOCCOCCOP(=O)(O)OCCSCSCCOP(=O)(O)O. The first-order valence-electron chi connectivity index (χ1n) is 14.3. The van der Waals surface area contributed by atoms with Crippen LogP contribution in [0.15, 0.2) is 0 Å². The van der Waals surface area contributed by atoms with E-state index in [2.05, 4.69) is 9.05 Å². The number of thioether (sulfide) groups is 2. The Balaban J connectivity index is 3.48. The monoisotopic (exact) mass is 824 g/mol. The fourth-order valence-corrected chi connectivity index (χ4v) is 7.08. The average Bonchev–Trinajstić information content (AvgIpc) is 2.98. The van der Waals surface area contributed by atoms with E-state index in [0.717, 1.165) is 0 Å². The molecular formula is C21H48O21P4S2. The maximum atomic E-state index is 11.9. The van der Waals surface area contributed by atoms with Gasteiger partial charge in [0.05, 0.1) is 105 Å². The van der Waals surface area contributed by atoms with Crippen LogP contribution in [-0.4, -0.2) is 151 Å². The standard InChI is InChI=1S/C21H48O21P4S2/c1-2-21(19-41-44(25,26)27)42-46(30,31)39-14-12-36-10-8-34-6-4-32-3-5-33-7-9-35-11-13-38-45(28,29)40-16-18-48-20-47-17-15-37-43(22,23)24/h21H,2-20H2,1H3,(H,28,29)(H,30,31)(H2,22,23,24)(H2,25,26,27). The van der Waals surface area contributed by atoms with Crippen LogP contribution in [0.1, 0.15) is 13.3 Å². The van der Waals surface area contributed by atoms with Gasteiger partial charge < -0.3 is 53.0 Å². The molecule has 0 aromatic carbocycles. The molecule has 0 radical (unpaired) electrons. The van der Waals surface area contributed by atoms with Gasteiger partial charge in [-0.3, -0.25) is 27.1 Å². The Bertz CT molecular complexity index is 972. The maximum absolute atomic E-state index is 11.9. The quantitative estimate of drug-likeness (QED) is 0.0298. The lowest BCUT2D eigenvalue weighted by atomic mass is 10.3. The van der Waals surface area contributed by atoms with E-state index in [1.54, 1.807) is 6.92 Å². The van der Waals surface area contributed by atoms with Crippen LogP contribution in [0.3, 0.4) is 0 Å². The van der Waals surface area contributed by atoms with Gasteiger partial charge in [-0.05, 0) is 6.42 Å². The highest BCUT2D eigenvalue weighted by Crippen LogP contribution is 2.46. The van der Waals surface area contributed by atoms with Gasteiger partial charge >= 0.3 is 31.3 Å². The lowest BCUT2D eigenvalue weighted by molar-refractivity contribution is -0.0160. The first-order valence-corrected chi connectivity index (χ1v) is 22.6. The third kappa shape index (κ3) is 36.7. The van der Waals surface area contributed by atoms with Crippen molar-refractivity contribution in [1.29, 1.82) is 0 Å². The molecule has 0 spiro atoms. The Labute approximate surface area is 287 Å². The van der Waals surface area contributed by atoms with Gasteiger partial charge in [-0.1, -0.05) is 6.92 Å². The number of rotatable bonds is 36. The van der Waals surface area contributed by atoms with Gasteiger partial charge in [0, 0.05) is 16.6 Å². The number of phosphoric acid groups is 4. The van der Waals surface area contributed by atoms with E-state index in [0.29, 0.717) is 43.0 Å². The molecular weight excluding hydrogens is 776 g/mol. The first-order chi connectivity index (χ1) is 22.6. The normalized spacial score (nSPS) is 15.7. The molecule has 0 aliphatic heterocycles. The van der Waals surface area contributed by atoms with Crippen LogP contribution in [0, 0.1) is 0 Å². The minimum atomic E-state index is -4.74. The molecule has 0 aromatic rings. The van der Waals surface area contributed by atoms with Crippen LogP contribution < -0.4 is 0 Å². The summed E-state index contributed by atoms with van der Waals surface area (Å²) in [7, 11) is -17.9. The lowest BCUT2D eigenvalue weighted by Gasteiger charge is -2.19. The molecule has 0 saturated carbocycles. The third-order valence-electron chi connectivity index (χ3n) is 4.75. The average molecular weight is 825 g/mol. The predicted molar refractivity (Wildman–Crippen MR) is 173 cm³/mol. The molecule has 0 fully saturated rings. The second-order valence-electron chi connectivity index (χ2n) is 8.68. The molecule has 21 nitrogen and oxygen atoms in total. The van der Waals surface area contributed by atoms with Crippen molar-refractivity contribution in [2.45, 2.75) is 19.4 Å². The summed E-state index contributed by atoms with van der Waals surface area (Å²) in [6.45, 7) is 2.69. The second kappa shape index (κ2) is 29.4. The van der Waals surface area contributed by atoms with Crippen molar-refractivity contribution < 1.29 is 98.4 Å². The van der Waals surface area contributed by atoms with Crippen LogP contribution in [0.5, 0.6) is 0 Å². The molecule has 3 atom stereocenters. The first kappa shape index (κ1) is 48.9. The summed E-state index contributed by atoms with van der Waals surface area (Å²) in [6, 6.07) is 0. The fourth-order valence-electron chi connectivity index (χ4n) is 2.67. The lowest BCUT2D eigenvalue weighted by Crippen LogP contribution is -2.18. The third-order valence-corrected chi connectivity index (χ3v) is 10.1. The Kier molecular flexibility index (Phi) is 30.0. The summed E-state index contributed by atoms with van der Waals surface area (Å²) < 4.78 is 99.3. The molecule has 0 aliphatic carbocycles. The molecule has 48 heavy (non-hydrogen) atoms. The predicted octanol–water partition coefficient (Wildman–Crippen LogP) is 1.76. The van der Waals surface area contributed by atoms with Gasteiger partial charge in [0.1, 0.15) is 0 Å². The number of phosphoric ester groups is 4. The van der Waals surface area contributed by atoms with Crippen molar-refractivity contribution in [1.82, 2.24) is 0 Å². The van der Waals surface area contributed by atoms with Crippen LogP contribution in [-0.2, 0) is 69.1 Å². The summed E-state index contributed by atoms with van der Waals surface area (Å²) in [6.07, 6.45) is -0.901. The van der Waals surface area contributed by atoms with Crippen LogP contribution in [0.2, 0.25) is 0 Å². The zero-order valence-electron chi connectivity index (χ0n) is 26.4. The minimum absolute atomic E-state index is 0.0201. The van der Waals surface area contributed by atoms with Crippen LogP contribution in [0.25, 0.3) is 0 Å². The zero-order chi connectivity index (χ0) is 36.2. The fraction of sp³-hybridized carbons (Fsp3) is 1.00. The molecule has 0 heterocycles. The van der Waals surface area contributed by atoms with Gasteiger partial charge in [0.2, 0.25) is 0 Å². The molecule has 0 aromatic heterocycles. The van der Waals surface area contributed by atoms with E-state index in [9.17, 15) is 28.0 Å². The number of hydrogen-bond donors (Lipinski definition) is 6. The Hall–Kier alpha value is 0.940. The van der Waals surface area contributed by atoms with Crippen LogP contribution >= 0.6 is 54.8 Å². The summed E-state index contributed by atoms with van der Waals surface area (Å²) >= 11 is 2.81. The second-order valence-corrected chi connectivity index (χ2v) is 16.6. The summed E-state index contributed by atoms with van der Waals surface area (Å²) in [5.74, 6) is 0.810. The van der Waals surface area contributed by atoms with Crippen molar-refractivity contribution in [3.05, 3.63) is 0 Å². The highest BCUT2D eigenvalue weighted by molar-refractivity contribution is 8.16. The van der Waals surface area contributed by atoms with Crippen LogP contribution in [0.4, 0.5) is 0 Å². The summed E-state index contributed by atoms with van der Waals surface area (Å²) in [5, 5.41) is 0.587. The highest BCUT2D eigenvalue weighted by Gasteiger charge is 2.28. The van der Waals surface area contributed by atoms with Crippen molar-refractivity contribution in [3.63, 3.8) is 0 Å². The topological polar surface area (TPSA) is 291 Å². The molecule has 6 N–H and O–H groups in total. The number of hydrogen-bond acceptors (Lipinski definition) is 17. The van der Waals surface area contributed by atoms with E-state index >= 15 is 0 Å². The summed E-state index contributed by atoms with van der Waals surface area (Å²) in [4.78, 5) is 53.8. The molecule has 0 bridgehead atoms. The zero-order valence-corrected chi connectivity index (χ0v) is 31.6. The molecule has 0 amide bonds. The maximum Gasteiger partial charge on any atom is 0.472 e. The largest absolute Gasteiger partial charge is 0.472 e. The molecule has 3 unspecified atom stereocenters. The van der Waals surface area contributed by atoms with E-state index in [1.807, 2.05) is 0 Å². The van der Waals surface area contributed by atoms with Gasteiger partial charge in [0.25, 0.3) is 0 Å². The van der Waals surface area contributed by atoms with Crippen molar-refractivity contribution in [2.75, 3.05) is 116 Å². The minimum Gasteiger partial charge on any atom is -0.377 e. The van der Waals surface area contributed by atoms with Crippen molar-refractivity contribution in [3.8, 4) is 0 Å². The van der Waals surface area contributed by atoms with E-state index in [4.69, 9.17) is 61.4 Å². The Morgan fingerprint density at radius 3 is 1.23 bits per heavy atom.